The van der Waals surface area contributed by atoms with Gasteiger partial charge in [-0.1, -0.05) is 12.1 Å². The minimum Gasteiger partial charge on any atom is -0.497 e. The molecule has 0 atom stereocenters. The molecule has 0 spiro atoms. The van der Waals surface area contributed by atoms with Crippen molar-refractivity contribution in [3.8, 4) is 5.75 Å². The fraction of sp³-hybridized carbons (Fsp3) is 0.269. The lowest BCUT2D eigenvalue weighted by molar-refractivity contribution is -0.144. The van der Waals surface area contributed by atoms with Crippen LogP contribution < -0.4 is 16.0 Å². The zero-order valence-electron chi connectivity index (χ0n) is 18.9. The normalized spacial score (nSPS) is 11.2. The molecule has 33 heavy (non-hydrogen) atoms. The molecule has 7 nitrogen and oxygen atoms in total. The van der Waals surface area contributed by atoms with Gasteiger partial charge in [0.15, 0.2) is 0 Å². The summed E-state index contributed by atoms with van der Waals surface area (Å²) < 4.78 is 21.4. The van der Waals surface area contributed by atoms with Gasteiger partial charge in [0.1, 0.15) is 23.5 Å². The third-order valence-corrected chi connectivity index (χ3v) is 5.98. The monoisotopic (exact) mass is 448 g/mol. The maximum absolute atomic E-state index is 12.5. The molecule has 0 radical (unpaired) electrons. The smallest absolute Gasteiger partial charge is 0.339 e. The fourth-order valence-electron chi connectivity index (χ4n) is 3.89. The van der Waals surface area contributed by atoms with Crippen LogP contribution in [0.5, 0.6) is 5.75 Å². The van der Waals surface area contributed by atoms with Gasteiger partial charge in [-0.2, -0.15) is 0 Å². The molecule has 0 amide bonds. The molecule has 170 valence electrons. The lowest BCUT2D eigenvalue weighted by Gasteiger charge is -2.11. The standard InChI is InChI=1S/C26H24O7/c1-14-5-7-21-17(11-24(28)33-25(21)15(14)2)13-31-23(27)10-9-20-16(3)19-8-6-18(30-4)12-22(19)32-26(20)29/h5-8,11-12H,9-10,13H2,1-4H3. The van der Waals surface area contributed by atoms with E-state index >= 15 is 0 Å². The van der Waals surface area contributed by atoms with Gasteiger partial charge in [-0.3, -0.25) is 4.79 Å². The number of benzene rings is 2. The molecular weight excluding hydrogens is 424 g/mol. The molecular formula is C26H24O7. The van der Waals surface area contributed by atoms with Crippen LogP contribution in [0.3, 0.4) is 0 Å². The molecule has 2 heterocycles. The second-order valence-electron chi connectivity index (χ2n) is 7.99. The summed E-state index contributed by atoms with van der Waals surface area (Å²) >= 11 is 0. The van der Waals surface area contributed by atoms with E-state index in [1.165, 1.54) is 6.07 Å². The molecule has 0 fully saturated rings. The van der Waals surface area contributed by atoms with E-state index in [1.807, 2.05) is 39.0 Å². The molecule has 2 aromatic carbocycles. The Morgan fingerprint density at radius 2 is 1.70 bits per heavy atom. The molecule has 0 saturated heterocycles. The number of methoxy groups -OCH3 is 1. The first kappa shape index (κ1) is 22.3. The molecule has 0 saturated carbocycles. The number of hydrogen-bond acceptors (Lipinski definition) is 7. The van der Waals surface area contributed by atoms with Gasteiger partial charge in [-0.15, -0.1) is 0 Å². The minimum absolute atomic E-state index is 0.00473. The zero-order chi connectivity index (χ0) is 23.7. The number of carbonyl (C=O) groups excluding carboxylic acids is 1. The Balaban J connectivity index is 1.50. The van der Waals surface area contributed by atoms with Gasteiger partial charge >= 0.3 is 17.2 Å². The summed E-state index contributed by atoms with van der Waals surface area (Å²) in [4.78, 5) is 36.9. The van der Waals surface area contributed by atoms with Crippen LogP contribution in [0.15, 0.2) is 54.8 Å². The summed E-state index contributed by atoms with van der Waals surface area (Å²) in [6.07, 6.45) is 0.190. The van der Waals surface area contributed by atoms with Crippen LogP contribution >= 0.6 is 0 Å². The van der Waals surface area contributed by atoms with E-state index in [0.717, 1.165) is 27.5 Å². The number of esters is 1. The quantitative estimate of drug-likeness (QED) is 0.316. The Kier molecular flexibility index (Phi) is 6.05. The van der Waals surface area contributed by atoms with Crippen molar-refractivity contribution in [2.75, 3.05) is 7.11 Å². The first-order valence-corrected chi connectivity index (χ1v) is 10.6. The van der Waals surface area contributed by atoms with Crippen molar-refractivity contribution in [1.29, 1.82) is 0 Å². The summed E-state index contributed by atoms with van der Waals surface area (Å²) in [6, 6.07) is 10.4. The first-order valence-electron chi connectivity index (χ1n) is 10.6. The van der Waals surface area contributed by atoms with E-state index in [9.17, 15) is 14.4 Å². The van der Waals surface area contributed by atoms with Crippen molar-refractivity contribution in [2.45, 2.75) is 40.2 Å². The predicted octanol–water partition coefficient (Wildman–Crippen LogP) is 4.51. The number of hydrogen-bond donors (Lipinski definition) is 0. The van der Waals surface area contributed by atoms with Crippen molar-refractivity contribution >= 4 is 27.9 Å². The molecule has 0 aliphatic heterocycles. The average Bonchev–Trinajstić information content (AvgIpc) is 2.79. The molecule has 2 aromatic heterocycles. The highest BCUT2D eigenvalue weighted by Gasteiger charge is 2.15. The van der Waals surface area contributed by atoms with Crippen LogP contribution in [0.4, 0.5) is 0 Å². The van der Waals surface area contributed by atoms with Crippen LogP contribution in [-0.2, 0) is 22.6 Å². The SMILES string of the molecule is COc1ccc2c(C)c(CCC(=O)OCc3cc(=O)oc4c(C)c(C)ccc34)c(=O)oc2c1. The van der Waals surface area contributed by atoms with Gasteiger partial charge < -0.3 is 18.3 Å². The van der Waals surface area contributed by atoms with Crippen molar-refractivity contribution in [3.05, 3.63) is 85.1 Å². The van der Waals surface area contributed by atoms with Gasteiger partial charge in [0, 0.05) is 40.5 Å². The highest BCUT2D eigenvalue weighted by Crippen LogP contribution is 2.25. The molecule has 4 aromatic rings. The lowest BCUT2D eigenvalue weighted by atomic mass is 10.0. The van der Waals surface area contributed by atoms with Crippen LogP contribution in [0.25, 0.3) is 21.9 Å². The van der Waals surface area contributed by atoms with Gasteiger partial charge in [0.05, 0.1) is 7.11 Å². The Hall–Kier alpha value is -3.87. The first-order chi connectivity index (χ1) is 15.8. The number of aryl methyl sites for hydroxylation is 3. The van der Waals surface area contributed by atoms with Crippen LogP contribution in [0.1, 0.15) is 34.2 Å². The zero-order valence-corrected chi connectivity index (χ0v) is 18.9. The number of carbonyl (C=O) groups is 1. The van der Waals surface area contributed by atoms with Gasteiger partial charge in [-0.25, -0.2) is 9.59 Å². The molecule has 7 heteroatoms. The summed E-state index contributed by atoms with van der Waals surface area (Å²) in [5, 5.41) is 1.51. The maximum atomic E-state index is 12.5. The second kappa shape index (κ2) is 8.94. The average molecular weight is 448 g/mol. The second-order valence-corrected chi connectivity index (χ2v) is 7.99. The van der Waals surface area contributed by atoms with E-state index in [1.54, 1.807) is 19.2 Å². The van der Waals surface area contributed by atoms with Crippen molar-refractivity contribution in [3.63, 3.8) is 0 Å². The largest absolute Gasteiger partial charge is 0.497 e. The van der Waals surface area contributed by atoms with Gasteiger partial charge in [0.2, 0.25) is 0 Å². The Labute approximate surface area is 189 Å². The van der Waals surface area contributed by atoms with E-state index in [0.29, 0.717) is 28.0 Å². The van der Waals surface area contributed by atoms with Crippen LogP contribution in [0, 0.1) is 20.8 Å². The van der Waals surface area contributed by atoms with Crippen molar-refractivity contribution in [1.82, 2.24) is 0 Å². The van der Waals surface area contributed by atoms with Crippen molar-refractivity contribution < 1.29 is 23.1 Å². The number of fused-ring (bicyclic) bond motifs is 2. The fourth-order valence-corrected chi connectivity index (χ4v) is 3.89. The Bertz CT molecular complexity index is 1490. The predicted molar refractivity (Wildman–Crippen MR) is 124 cm³/mol. The van der Waals surface area contributed by atoms with E-state index in [2.05, 4.69) is 0 Å². The number of rotatable bonds is 6. The van der Waals surface area contributed by atoms with Crippen LogP contribution in [0.2, 0.25) is 0 Å². The van der Waals surface area contributed by atoms with Gasteiger partial charge in [-0.05, 0) is 56.0 Å². The summed E-state index contributed by atoms with van der Waals surface area (Å²) in [5.41, 5.74) is 3.58. The minimum atomic E-state index is -0.497. The van der Waals surface area contributed by atoms with Crippen molar-refractivity contribution in [2.24, 2.45) is 0 Å². The third kappa shape index (κ3) is 4.39. The van der Waals surface area contributed by atoms with E-state index in [4.69, 9.17) is 18.3 Å². The highest BCUT2D eigenvalue weighted by molar-refractivity contribution is 5.84. The van der Waals surface area contributed by atoms with Crippen LogP contribution in [-0.4, -0.2) is 13.1 Å². The highest BCUT2D eigenvalue weighted by atomic mass is 16.5. The molecule has 0 N–H and O–H groups in total. The summed E-state index contributed by atoms with van der Waals surface area (Å²) in [7, 11) is 1.54. The maximum Gasteiger partial charge on any atom is 0.339 e. The number of ether oxygens (including phenoxy) is 2. The van der Waals surface area contributed by atoms with E-state index < -0.39 is 17.2 Å². The molecule has 4 rings (SSSR count). The Morgan fingerprint density at radius 1 is 0.939 bits per heavy atom. The molecule has 0 unspecified atom stereocenters. The third-order valence-electron chi connectivity index (χ3n) is 5.98. The summed E-state index contributed by atoms with van der Waals surface area (Å²) in [5.74, 6) is 0.114. The Morgan fingerprint density at radius 3 is 2.45 bits per heavy atom. The summed E-state index contributed by atoms with van der Waals surface area (Å²) in [6.45, 7) is 5.58. The van der Waals surface area contributed by atoms with E-state index in [-0.39, 0.29) is 19.4 Å². The van der Waals surface area contributed by atoms with Gasteiger partial charge in [0.25, 0.3) is 0 Å². The molecule has 0 bridgehead atoms. The molecule has 0 aliphatic carbocycles. The lowest BCUT2D eigenvalue weighted by Crippen LogP contribution is -2.14. The molecule has 0 aliphatic rings. The topological polar surface area (TPSA) is 96.0 Å².